The minimum atomic E-state index is 0. The second-order valence-corrected chi connectivity index (χ2v) is 2.90. The van der Waals surface area contributed by atoms with E-state index < -0.39 is 0 Å². The van der Waals surface area contributed by atoms with Gasteiger partial charge in [0.1, 0.15) is 0 Å². The average Bonchev–Trinajstić information content (AvgIpc) is 2.23. The van der Waals surface area contributed by atoms with Crippen molar-refractivity contribution in [2.45, 2.75) is 0 Å². The zero-order chi connectivity index (χ0) is 9.97. The van der Waals surface area contributed by atoms with Crippen molar-refractivity contribution < 1.29 is 44.3 Å². The third-order valence-corrected chi connectivity index (χ3v) is 1.88. The van der Waals surface area contributed by atoms with Crippen molar-refractivity contribution in [3.8, 4) is 11.4 Å². The fraction of sp³-hybridized carbons (Fsp3) is 0. The van der Waals surface area contributed by atoms with E-state index in [0.717, 1.165) is 5.56 Å². The van der Waals surface area contributed by atoms with Crippen LogP contribution in [0.5, 0.6) is 0 Å². The van der Waals surface area contributed by atoms with Crippen molar-refractivity contribution in [2.75, 3.05) is 11.5 Å². The number of nitrogens with zero attached hydrogens (tertiary/aromatic N) is 2. The Morgan fingerprint density at radius 1 is 0.941 bits per heavy atom. The van der Waals surface area contributed by atoms with E-state index in [9.17, 15) is 0 Å². The molecule has 1 aromatic heterocycles. The maximum Gasteiger partial charge on any atom is 2.00 e. The van der Waals surface area contributed by atoms with Gasteiger partial charge >= 0.3 is 19.5 Å². The molecule has 0 radical (unpaired) electrons. The molecule has 1 aromatic carbocycles. The summed E-state index contributed by atoms with van der Waals surface area (Å²) in [7, 11) is 0. The number of nitrogen functional groups attached to an aromatic ring is 2. The van der Waals surface area contributed by atoms with Crippen LogP contribution in [-0.2, 0) is 19.5 Å². The predicted octanol–water partition coefficient (Wildman–Crippen LogP) is -4.69. The number of aromatic nitrogens is 2. The summed E-state index contributed by atoms with van der Waals surface area (Å²) in [6.45, 7) is 0. The monoisotopic (exact) mass is 320 g/mol. The Bertz CT molecular complexity index is 453. The van der Waals surface area contributed by atoms with E-state index in [-0.39, 0.29) is 44.3 Å². The summed E-state index contributed by atoms with van der Waals surface area (Å²) >= 11 is 0. The Labute approximate surface area is 125 Å². The summed E-state index contributed by atoms with van der Waals surface area (Å²) in [5.74, 6) is 0.913. The van der Waals surface area contributed by atoms with E-state index in [0.29, 0.717) is 17.3 Å². The molecule has 7 heteroatoms. The SMILES string of the molecule is Nc1cnc(-c2ccccc2)nc1N.[Cl-].[Cl-].[Zn+2]. The molecule has 0 aliphatic heterocycles. The topological polar surface area (TPSA) is 77.8 Å². The first-order chi connectivity index (χ1) is 6.77. The van der Waals surface area contributed by atoms with Crippen molar-refractivity contribution >= 4 is 11.5 Å². The molecule has 2 rings (SSSR count). The van der Waals surface area contributed by atoms with Gasteiger partial charge in [0.15, 0.2) is 11.6 Å². The molecule has 86 valence electrons. The van der Waals surface area contributed by atoms with Crippen molar-refractivity contribution in [1.29, 1.82) is 0 Å². The molecule has 1 heterocycles. The largest absolute Gasteiger partial charge is 2.00 e. The molecule has 0 atom stereocenters. The van der Waals surface area contributed by atoms with Gasteiger partial charge in [0.25, 0.3) is 0 Å². The molecule has 0 saturated carbocycles. The van der Waals surface area contributed by atoms with Gasteiger partial charge in [-0.3, -0.25) is 0 Å². The number of nitrogens with two attached hydrogens (primary N) is 2. The van der Waals surface area contributed by atoms with Crippen LogP contribution in [0.1, 0.15) is 0 Å². The normalized spacial score (nSPS) is 8.24. The van der Waals surface area contributed by atoms with Gasteiger partial charge < -0.3 is 36.3 Å². The van der Waals surface area contributed by atoms with Crippen LogP contribution < -0.4 is 36.3 Å². The Kier molecular flexibility index (Phi) is 8.94. The van der Waals surface area contributed by atoms with Crippen LogP contribution in [0, 0.1) is 0 Å². The molecule has 4 nitrogen and oxygen atoms in total. The maximum atomic E-state index is 5.58. The number of benzene rings is 1. The van der Waals surface area contributed by atoms with Crippen LogP contribution >= 0.6 is 0 Å². The van der Waals surface area contributed by atoms with Crippen molar-refractivity contribution in [2.24, 2.45) is 0 Å². The van der Waals surface area contributed by atoms with E-state index in [4.69, 9.17) is 11.5 Å². The molecule has 0 aliphatic rings. The summed E-state index contributed by atoms with van der Waals surface area (Å²) in [6, 6.07) is 9.62. The van der Waals surface area contributed by atoms with Crippen LogP contribution in [-0.4, -0.2) is 9.97 Å². The van der Waals surface area contributed by atoms with Crippen LogP contribution in [0.2, 0.25) is 0 Å². The maximum absolute atomic E-state index is 5.58. The molecule has 0 bridgehead atoms. The number of anilines is 2. The van der Waals surface area contributed by atoms with E-state index in [1.807, 2.05) is 30.3 Å². The third kappa shape index (κ3) is 4.46. The molecule has 0 aliphatic carbocycles. The summed E-state index contributed by atoms with van der Waals surface area (Å²) in [5.41, 5.74) is 12.4. The van der Waals surface area contributed by atoms with Gasteiger partial charge in [0.05, 0.1) is 11.9 Å². The smallest absolute Gasteiger partial charge is 1.00 e. The van der Waals surface area contributed by atoms with Gasteiger partial charge in [-0.1, -0.05) is 30.3 Å². The fourth-order valence-corrected chi connectivity index (χ4v) is 1.13. The first-order valence-corrected chi connectivity index (χ1v) is 4.21. The Morgan fingerprint density at radius 3 is 2.06 bits per heavy atom. The third-order valence-electron chi connectivity index (χ3n) is 1.88. The molecule has 2 aromatic rings. The molecule has 0 unspecified atom stereocenters. The van der Waals surface area contributed by atoms with E-state index in [2.05, 4.69) is 9.97 Å². The van der Waals surface area contributed by atoms with E-state index in [1.54, 1.807) is 0 Å². The molecule has 4 N–H and O–H groups in total. The van der Waals surface area contributed by atoms with Gasteiger partial charge in [0.2, 0.25) is 0 Å². The minimum absolute atomic E-state index is 0. The standard InChI is InChI=1S/C10H10N4.2ClH.Zn/c11-8-6-13-10(14-9(8)12)7-4-2-1-3-5-7;;;/h1-6H,11H2,(H2,12,13,14);2*1H;/q;;;+2/p-2. The molecule has 0 spiro atoms. The Balaban J connectivity index is 0. The molecule has 0 fully saturated rings. The predicted molar refractivity (Wildman–Crippen MR) is 56.3 cm³/mol. The molecular formula is C10H10Cl2N4Zn. The summed E-state index contributed by atoms with van der Waals surface area (Å²) < 4.78 is 0. The van der Waals surface area contributed by atoms with E-state index in [1.165, 1.54) is 6.20 Å². The zero-order valence-corrected chi connectivity index (χ0v) is 13.5. The van der Waals surface area contributed by atoms with Crippen LogP contribution in [0.3, 0.4) is 0 Å². The average molecular weight is 323 g/mol. The van der Waals surface area contributed by atoms with Crippen molar-refractivity contribution in [3.63, 3.8) is 0 Å². The molecule has 0 saturated heterocycles. The first kappa shape index (κ1) is 18.5. The van der Waals surface area contributed by atoms with Crippen LogP contribution in [0.15, 0.2) is 36.5 Å². The van der Waals surface area contributed by atoms with Gasteiger partial charge in [-0.25, -0.2) is 9.97 Å². The van der Waals surface area contributed by atoms with Gasteiger partial charge in [0, 0.05) is 5.56 Å². The Hall–Kier alpha value is -0.897. The Morgan fingerprint density at radius 2 is 1.53 bits per heavy atom. The van der Waals surface area contributed by atoms with Crippen LogP contribution in [0.25, 0.3) is 11.4 Å². The number of hydrogen-bond acceptors (Lipinski definition) is 4. The van der Waals surface area contributed by atoms with Crippen LogP contribution in [0.4, 0.5) is 11.5 Å². The van der Waals surface area contributed by atoms with Crippen molar-refractivity contribution in [3.05, 3.63) is 36.5 Å². The summed E-state index contributed by atoms with van der Waals surface area (Å²) in [4.78, 5) is 8.18. The zero-order valence-electron chi connectivity index (χ0n) is 8.98. The van der Waals surface area contributed by atoms with E-state index >= 15 is 0 Å². The van der Waals surface area contributed by atoms with Gasteiger partial charge in [-0.2, -0.15) is 0 Å². The van der Waals surface area contributed by atoms with Crippen molar-refractivity contribution in [1.82, 2.24) is 9.97 Å². The summed E-state index contributed by atoms with van der Waals surface area (Å²) in [6.07, 6.45) is 1.52. The number of hydrogen-bond donors (Lipinski definition) is 2. The minimum Gasteiger partial charge on any atom is -1.00 e. The fourth-order valence-electron chi connectivity index (χ4n) is 1.13. The first-order valence-electron chi connectivity index (χ1n) is 4.21. The van der Waals surface area contributed by atoms with Gasteiger partial charge in [-0.15, -0.1) is 0 Å². The second-order valence-electron chi connectivity index (χ2n) is 2.90. The number of halogens is 2. The molecule has 0 amide bonds. The van der Waals surface area contributed by atoms with Gasteiger partial charge in [-0.05, 0) is 0 Å². The number of rotatable bonds is 1. The quantitative estimate of drug-likeness (QED) is 0.518. The second kappa shape index (κ2) is 8.23. The molecular weight excluding hydrogens is 312 g/mol. The summed E-state index contributed by atoms with van der Waals surface area (Å²) in [5, 5.41) is 0. The molecule has 17 heavy (non-hydrogen) atoms.